The van der Waals surface area contributed by atoms with E-state index < -0.39 is 0 Å². The standard InChI is InChI=1S/C15H17NO/c1-2-3-4-8-11-14-12-16-15(17-14)13-9-6-5-7-10-13/h2,5-7,9-11H,1,3-4,8,12H2/b14-11-. The molecule has 17 heavy (non-hydrogen) atoms. The SMILES string of the molecule is C=CCCC/C=C1/CN=C(c2ccccc2)O1. The molecule has 0 saturated heterocycles. The highest BCUT2D eigenvalue weighted by Gasteiger charge is 2.14. The Morgan fingerprint density at radius 3 is 2.82 bits per heavy atom. The predicted molar refractivity (Wildman–Crippen MR) is 71.1 cm³/mol. The molecule has 0 radical (unpaired) electrons. The van der Waals surface area contributed by atoms with E-state index in [0.29, 0.717) is 6.54 Å². The third kappa shape index (κ3) is 3.31. The Hall–Kier alpha value is -1.83. The average molecular weight is 227 g/mol. The van der Waals surface area contributed by atoms with E-state index in [0.717, 1.165) is 36.5 Å². The lowest BCUT2D eigenvalue weighted by Gasteiger charge is -2.02. The molecule has 1 aliphatic heterocycles. The van der Waals surface area contributed by atoms with E-state index >= 15 is 0 Å². The highest BCUT2D eigenvalue weighted by molar-refractivity contribution is 5.95. The summed E-state index contributed by atoms with van der Waals surface area (Å²) in [6.07, 6.45) is 7.27. The summed E-state index contributed by atoms with van der Waals surface area (Å²) in [6, 6.07) is 10.0. The summed E-state index contributed by atoms with van der Waals surface area (Å²) in [5.41, 5.74) is 1.04. The van der Waals surface area contributed by atoms with Gasteiger partial charge in [-0.25, -0.2) is 4.99 Å². The Balaban J connectivity index is 1.88. The number of nitrogens with zero attached hydrogens (tertiary/aromatic N) is 1. The zero-order chi connectivity index (χ0) is 11.9. The molecule has 2 heteroatoms. The summed E-state index contributed by atoms with van der Waals surface area (Å²) in [6.45, 7) is 4.37. The van der Waals surface area contributed by atoms with Gasteiger partial charge < -0.3 is 4.74 Å². The molecule has 0 saturated carbocycles. The van der Waals surface area contributed by atoms with Crippen LogP contribution in [-0.2, 0) is 4.74 Å². The van der Waals surface area contributed by atoms with Crippen molar-refractivity contribution in [2.75, 3.05) is 6.54 Å². The van der Waals surface area contributed by atoms with Crippen molar-refractivity contribution >= 4 is 5.90 Å². The molecule has 2 rings (SSSR count). The lowest BCUT2D eigenvalue weighted by atomic mass is 10.2. The minimum Gasteiger partial charge on any atom is -0.441 e. The molecule has 2 nitrogen and oxygen atoms in total. The van der Waals surface area contributed by atoms with Crippen molar-refractivity contribution in [3.8, 4) is 0 Å². The lowest BCUT2D eigenvalue weighted by Crippen LogP contribution is -1.99. The van der Waals surface area contributed by atoms with E-state index in [4.69, 9.17) is 4.74 Å². The van der Waals surface area contributed by atoms with Crippen molar-refractivity contribution in [2.24, 2.45) is 4.99 Å². The van der Waals surface area contributed by atoms with Crippen LogP contribution in [0.5, 0.6) is 0 Å². The lowest BCUT2D eigenvalue weighted by molar-refractivity contribution is 0.436. The minimum atomic E-state index is 0.665. The molecular formula is C15H17NO. The van der Waals surface area contributed by atoms with Crippen molar-refractivity contribution in [1.82, 2.24) is 0 Å². The maximum Gasteiger partial charge on any atom is 0.222 e. The Bertz CT molecular complexity index is 431. The number of unbranched alkanes of at least 4 members (excludes halogenated alkanes) is 2. The van der Waals surface area contributed by atoms with Gasteiger partial charge in [0.2, 0.25) is 5.90 Å². The first kappa shape index (κ1) is 11.6. The van der Waals surface area contributed by atoms with Crippen LogP contribution in [0, 0.1) is 0 Å². The normalized spacial score (nSPS) is 16.7. The van der Waals surface area contributed by atoms with Gasteiger partial charge in [-0.15, -0.1) is 6.58 Å². The van der Waals surface area contributed by atoms with Crippen LogP contribution in [0.2, 0.25) is 0 Å². The number of aliphatic imine (C=N–C) groups is 1. The molecule has 0 bridgehead atoms. The van der Waals surface area contributed by atoms with Crippen LogP contribution in [0.1, 0.15) is 24.8 Å². The molecule has 0 unspecified atom stereocenters. The Morgan fingerprint density at radius 1 is 1.24 bits per heavy atom. The summed E-state index contributed by atoms with van der Waals surface area (Å²) < 4.78 is 5.71. The van der Waals surface area contributed by atoms with Gasteiger partial charge in [-0.3, -0.25) is 0 Å². The van der Waals surface area contributed by atoms with E-state index in [9.17, 15) is 0 Å². The Kier molecular flexibility index (Phi) is 4.14. The number of benzene rings is 1. The van der Waals surface area contributed by atoms with Crippen LogP contribution in [0.4, 0.5) is 0 Å². The largest absolute Gasteiger partial charge is 0.441 e. The molecule has 1 aliphatic rings. The van der Waals surface area contributed by atoms with Crippen LogP contribution in [0.3, 0.4) is 0 Å². The van der Waals surface area contributed by atoms with Crippen molar-refractivity contribution in [3.05, 3.63) is 60.4 Å². The van der Waals surface area contributed by atoms with Crippen molar-refractivity contribution in [3.63, 3.8) is 0 Å². The topological polar surface area (TPSA) is 21.6 Å². The van der Waals surface area contributed by atoms with Crippen LogP contribution >= 0.6 is 0 Å². The van der Waals surface area contributed by atoms with Gasteiger partial charge in [0.05, 0.1) is 0 Å². The number of hydrogen-bond donors (Lipinski definition) is 0. The number of allylic oxidation sites excluding steroid dienone is 2. The predicted octanol–water partition coefficient (Wildman–Crippen LogP) is 3.70. The number of hydrogen-bond acceptors (Lipinski definition) is 2. The molecule has 0 spiro atoms. The maximum atomic E-state index is 5.71. The van der Waals surface area contributed by atoms with Crippen LogP contribution < -0.4 is 0 Å². The number of ether oxygens (including phenoxy) is 1. The molecule has 0 atom stereocenters. The van der Waals surface area contributed by atoms with Gasteiger partial charge in [0.25, 0.3) is 0 Å². The van der Waals surface area contributed by atoms with E-state index in [1.165, 1.54) is 0 Å². The van der Waals surface area contributed by atoms with Gasteiger partial charge in [-0.05, 0) is 37.5 Å². The smallest absolute Gasteiger partial charge is 0.222 e. The van der Waals surface area contributed by atoms with Gasteiger partial charge in [0, 0.05) is 5.56 Å². The fourth-order valence-corrected chi connectivity index (χ4v) is 1.70. The molecule has 1 aromatic rings. The molecular weight excluding hydrogens is 210 g/mol. The fourth-order valence-electron chi connectivity index (χ4n) is 1.70. The molecule has 0 amide bonds. The van der Waals surface area contributed by atoms with Gasteiger partial charge >= 0.3 is 0 Å². The van der Waals surface area contributed by atoms with Gasteiger partial charge in [-0.1, -0.05) is 24.3 Å². The second-order valence-corrected chi connectivity index (χ2v) is 3.98. The number of rotatable bonds is 5. The third-order valence-electron chi connectivity index (χ3n) is 2.61. The van der Waals surface area contributed by atoms with Crippen LogP contribution in [0.15, 0.2) is 59.8 Å². The molecule has 88 valence electrons. The average Bonchev–Trinajstić information content (AvgIpc) is 2.85. The maximum absolute atomic E-state index is 5.71. The Labute approximate surface area is 102 Å². The third-order valence-corrected chi connectivity index (χ3v) is 2.61. The first-order valence-electron chi connectivity index (χ1n) is 5.98. The second kappa shape index (κ2) is 6.04. The van der Waals surface area contributed by atoms with E-state index in [2.05, 4.69) is 17.6 Å². The zero-order valence-corrected chi connectivity index (χ0v) is 9.93. The molecule has 1 aromatic carbocycles. The van der Waals surface area contributed by atoms with Gasteiger partial charge in [0.15, 0.2) is 0 Å². The summed E-state index contributed by atoms with van der Waals surface area (Å²) in [5.74, 6) is 1.70. The van der Waals surface area contributed by atoms with E-state index in [1.807, 2.05) is 36.4 Å². The highest BCUT2D eigenvalue weighted by Crippen LogP contribution is 2.15. The highest BCUT2D eigenvalue weighted by atomic mass is 16.5. The van der Waals surface area contributed by atoms with Crippen molar-refractivity contribution < 1.29 is 4.74 Å². The molecule has 1 heterocycles. The molecule has 0 fully saturated rings. The van der Waals surface area contributed by atoms with Crippen molar-refractivity contribution in [1.29, 1.82) is 0 Å². The molecule has 0 N–H and O–H groups in total. The second-order valence-electron chi connectivity index (χ2n) is 3.98. The summed E-state index contributed by atoms with van der Waals surface area (Å²) in [5, 5.41) is 0. The minimum absolute atomic E-state index is 0.665. The van der Waals surface area contributed by atoms with Crippen LogP contribution in [-0.4, -0.2) is 12.4 Å². The van der Waals surface area contributed by atoms with Gasteiger partial charge in [0.1, 0.15) is 12.3 Å². The molecule has 0 aliphatic carbocycles. The monoisotopic (exact) mass is 227 g/mol. The summed E-state index contributed by atoms with van der Waals surface area (Å²) in [7, 11) is 0. The van der Waals surface area contributed by atoms with E-state index in [-0.39, 0.29) is 0 Å². The Morgan fingerprint density at radius 2 is 2.06 bits per heavy atom. The quantitative estimate of drug-likeness (QED) is 0.555. The summed E-state index contributed by atoms with van der Waals surface area (Å²) in [4.78, 5) is 4.39. The summed E-state index contributed by atoms with van der Waals surface area (Å²) >= 11 is 0. The fraction of sp³-hybridized carbons (Fsp3) is 0.267. The van der Waals surface area contributed by atoms with E-state index in [1.54, 1.807) is 0 Å². The first-order valence-corrected chi connectivity index (χ1v) is 5.98. The van der Waals surface area contributed by atoms with Crippen molar-refractivity contribution in [2.45, 2.75) is 19.3 Å². The van der Waals surface area contributed by atoms with Crippen LogP contribution in [0.25, 0.3) is 0 Å². The zero-order valence-electron chi connectivity index (χ0n) is 9.93. The molecule has 0 aromatic heterocycles. The van der Waals surface area contributed by atoms with Gasteiger partial charge in [-0.2, -0.15) is 0 Å². The first-order chi connectivity index (χ1) is 8.40.